The highest BCUT2D eigenvalue weighted by atomic mass is 28.3. The van der Waals surface area contributed by atoms with Crippen molar-refractivity contribution in [2.45, 2.75) is 52.8 Å². The van der Waals surface area contributed by atoms with E-state index in [9.17, 15) is 0 Å². The summed E-state index contributed by atoms with van der Waals surface area (Å²) in [5.41, 5.74) is 0. The van der Waals surface area contributed by atoms with Crippen LogP contribution < -0.4 is 0 Å². The lowest BCUT2D eigenvalue weighted by Crippen LogP contribution is -2.33. The number of rotatable bonds is 9. The Bertz CT molecular complexity index is 254. The molecule has 0 aliphatic heterocycles. The summed E-state index contributed by atoms with van der Waals surface area (Å²) < 4.78 is 6.40. The summed E-state index contributed by atoms with van der Waals surface area (Å²) in [7, 11) is -0.789. The van der Waals surface area contributed by atoms with E-state index in [1.54, 1.807) is 0 Å². The van der Waals surface area contributed by atoms with Crippen LogP contribution in [0.3, 0.4) is 0 Å². The molecule has 0 heterocycles. The molecule has 0 fully saturated rings. The first-order valence-corrected chi connectivity index (χ1v) is 8.75. The fraction of sp³-hybridized carbons (Fsp3) is 0.625. The minimum Gasteiger partial charge on any atom is -0.412 e. The molecule has 0 aromatic rings. The highest BCUT2D eigenvalue weighted by molar-refractivity contribution is 6.53. The summed E-state index contributed by atoms with van der Waals surface area (Å²) in [6.45, 7) is 14.7. The molecule has 2 atom stereocenters. The Morgan fingerprint density at radius 2 is 1.56 bits per heavy atom. The highest BCUT2D eigenvalue weighted by Gasteiger charge is 2.23. The van der Waals surface area contributed by atoms with Crippen molar-refractivity contribution < 1.29 is 4.43 Å². The van der Waals surface area contributed by atoms with Gasteiger partial charge in [-0.1, -0.05) is 51.2 Å². The first kappa shape index (κ1) is 17.4. The van der Waals surface area contributed by atoms with Crippen LogP contribution >= 0.6 is 0 Å². The van der Waals surface area contributed by atoms with Gasteiger partial charge in [0.05, 0.1) is 6.10 Å². The molecule has 0 aliphatic carbocycles. The average Bonchev–Trinajstić information content (AvgIpc) is 2.36. The monoisotopic (exact) mass is 265 g/mol. The summed E-state index contributed by atoms with van der Waals surface area (Å²) in [6.07, 6.45) is 11.0. The molecule has 0 bridgehead atoms. The lowest BCUT2D eigenvalue weighted by Gasteiger charge is -2.29. The molecule has 0 amide bonds. The maximum atomic E-state index is 6.40. The standard InChI is InChI=1S/C16H29OSi/c1-7-10-12-18(13-11-8-2)17-16(14(4)5)15(6)9-3/h7-11,14-16H,3,12-13H2,1-2,4-6H3/b10-7-,11-8-/t15-,16+/m0/s1. The van der Waals surface area contributed by atoms with E-state index in [-0.39, 0.29) is 0 Å². The molecular formula is C16H29OSi. The summed E-state index contributed by atoms with van der Waals surface area (Å²) in [4.78, 5) is 0. The molecule has 0 spiro atoms. The van der Waals surface area contributed by atoms with Gasteiger partial charge in [-0.2, -0.15) is 0 Å². The maximum absolute atomic E-state index is 6.40. The molecule has 0 aliphatic rings. The smallest absolute Gasteiger partial charge is 0.219 e. The van der Waals surface area contributed by atoms with Gasteiger partial charge >= 0.3 is 0 Å². The van der Waals surface area contributed by atoms with Crippen LogP contribution in [-0.4, -0.2) is 15.1 Å². The van der Waals surface area contributed by atoms with Crippen molar-refractivity contribution in [3.05, 3.63) is 37.0 Å². The molecule has 0 N–H and O–H groups in total. The van der Waals surface area contributed by atoms with Crippen LogP contribution in [0, 0.1) is 11.8 Å². The van der Waals surface area contributed by atoms with Gasteiger partial charge in [-0.25, -0.2) is 0 Å². The van der Waals surface area contributed by atoms with E-state index in [4.69, 9.17) is 4.43 Å². The molecular weight excluding hydrogens is 236 g/mol. The van der Waals surface area contributed by atoms with Crippen LogP contribution in [-0.2, 0) is 4.43 Å². The van der Waals surface area contributed by atoms with Crippen LogP contribution in [0.2, 0.25) is 12.1 Å². The maximum Gasteiger partial charge on any atom is 0.219 e. The first-order chi connectivity index (χ1) is 8.56. The molecule has 0 saturated carbocycles. The first-order valence-electron chi connectivity index (χ1n) is 6.93. The molecule has 0 aromatic carbocycles. The molecule has 18 heavy (non-hydrogen) atoms. The van der Waals surface area contributed by atoms with Gasteiger partial charge in [-0.15, -0.1) is 6.58 Å². The predicted octanol–water partition coefficient (Wildman–Crippen LogP) is 4.99. The molecule has 0 aromatic heterocycles. The topological polar surface area (TPSA) is 9.23 Å². The predicted molar refractivity (Wildman–Crippen MR) is 84.1 cm³/mol. The Balaban J connectivity index is 4.61. The summed E-state index contributed by atoms with van der Waals surface area (Å²) in [5, 5.41) is 0. The average molecular weight is 265 g/mol. The van der Waals surface area contributed by atoms with Crippen molar-refractivity contribution in [3.8, 4) is 0 Å². The zero-order chi connectivity index (χ0) is 14.0. The molecule has 2 heteroatoms. The molecule has 0 unspecified atom stereocenters. The summed E-state index contributed by atoms with van der Waals surface area (Å²) in [6, 6.07) is 2.16. The Kier molecular flexibility index (Phi) is 9.99. The third-order valence-electron chi connectivity index (χ3n) is 3.01. The van der Waals surface area contributed by atoms with Gasteiger partial charge in [0, 0.05) is 0 Å². The van der Waals surface area contributed by atoms with Gasteiger partial charge < -0.3 is 4.43 Å². The van der Waals surface area contributed by atoms with Gasteiger partial charge in [-0.05, 0) is 37.8 Å². The molecule has 1 nitrogen and oxygen atoms in total. The van der Waals surface area contributed by atoms with E-state index in [0.717, 1.165) is 12.1 Å². The molecule has 1 radical (unpaired) electrons. The number of allylic oxidation sites excluding steroid dienone is 4. The van der Waals surface area contributed by atoms with Crippen molar-refractivity contribution in [2.75, 3.05) is 0 Å². The lowest BCUT2D eigenvalue weighted by atomic mass is 9.95. The zero-order valence-corrected chi connectivity index (χ0v) is 13.6. The van der Waals surface area contributed by atoms with Gasteiger partial charge in [0.2, 0.25) is 9.04 Å². The van der Waals surface area contributed by atoms with E-state index in [2.05, 4.69) is 65.5 Å². The van der Waals surface area contributed by atoms with E-state index < -0.39 is 9.04 Å². The fourth-order valence-electron chi connectivity index (χ4n) is 1.86. The third-order valence-corrected chi connectivity index (χ3v) is 5.00. The second-order valence-electron chi connectivity index (χ2n) is 5.01. The zero-order valence-electron chi connectivity index (χ0n) is 12.6. The number of hydrogen-bond acceptors (Lipinski definition) is 1. The van der Waals surface area contributed by atoms with Gasteiger partial charge in [0.25, 0.3) is 0 Å². The fourth-order valence-corrected chi connectivity index (χ4v) is 4.08. The Hall–Kier alpha value is -0.603. The van der Waals surface area contributed by atoms with Crippen molar-refractivity contribution in [1.29, 1.82) is 0 Å². The van der Waals surface area contributed by atoms with Gasteiger partial charge in [0.15, 0.2) is 0 Å². The van der Waals surface area contributed by atoms with Gasteiger partial charge in [0.1, 0.15) is 0 Å². The van der Waals surface area contributed by atoms with Crippen LogP contribution in [0.1, 0.15) is 34.6 Å². The van der Waals surface area contributed by atoms with E-state index in [0.29, 0.717) is 17.9 Å². The minimum atomic E-state index is -0.789. The minimum absolute atomic E-state index is 0.298. The van der Waals surface area contributed by atoms with Crippen molar-refractivity contribution in [2.24, 2.45) is 11.8 Å². The van der Waals surface area contributed by atoms with Crippen molar-refractivity contribution >= 4 is 9.04 Å². The van der Waals surface area contributed by atoms with Gasteiger partial charge in [-0.3, -0.25) is 0 Å². The Morgan fingerprint density at radius 1 is 1.06 bits per heavy atom. The quantitative estimate of drug-likeness (QED) is 0.421. The second-order valence-corrected chi connectivity index (χ2v) is 7.14. The molecule has 0 saturated heterocycles. The Labute approximate surface area is 115 Å². The van der Waals surface area contributed by atoms with Crippen LogP contribution in [0.15, 0.2) is 37.0 Å². The Morgan fingerprint density at radius 3 is 1.89 bits per heavy atom. The number of hydrogen-bond donors (Lipinski definition) is 0. The van der Waals surface area contributed by atoms with E-state index in [1.807, 2.05) is 6.08 Å². The highest BCUT2D eigenvalue weighted by Crippen LogP contribution is 2.21. The second kappa shape index (κ2) is 10.3. The SMILES string of the molecule is C=C[C@H](C)[C@H](O[Si](C/C=C\C)C/C=C\C)C(C)C. The van der Waals surface area contributed by atoms with Crippen molar-refractivity contribution in [1.82, 2.24) is 0 Å². The molecule has 103 valence electrons. The summed E-state index contributed by atoms with van der Waals surface area (Å²) >= 11 is 0. The van der Waals surface area contributed by atoms with Crippen LogP contribution in [0.4, 0.5) is 0 Å². The molecule has 0 rings (SSSR count). The third kappa shape index (κ3) is 6.97. The lowest BCUT2D eigenvalue weighted by molar-refractivity contribution is 0.115. The van der Waals surface area contributed by atoms with Crippen LogP contribution in [0.5, 0.6) is 0 Å². The largest absolute Gasteiger partial charge is 0.412 e. The summed E-state index contributed by atoms with van der Waals surface area (Å²) in [5.74, 6) is 0.954. The normalized spacial score (nSPS) is 15.9. The van der Waals surface area contributed by atoms with E-state index in [1.165, 1.54) is 0 Å². The van der Waals surface area contributed by atoms with Crippen LogP contribution in [0.25, 0.3) is 0 Å². The van der Waals surface area contributed by atoms with Crippen molar-refractivity contribution in [3.63, 3.8) is 0 Å². The van der Waals surface area contributed by atoms with E-state index >= 15 is 0 Å².